The number of ether oxygens (including phenoxy) is 1. The molecule has 2 fully saturated rings. The third-order valence-corrected chi connectivity index (χ3v) is 5.87. The van der Waals surface area contributed by atoms with Crippen LogP contribution in [0.1, 0.15) is 30.2 Å². The van der Waals surface area contributed by atoms with Crippen LogP contribution in [0.5, 0.6) is 0 Å². The van der Waals surface area contributed by atoms with E-state index in [2.05, 4.69) is 24.8 Å². The van der Waals surface area contributed by atoms with Gasteiger partial charge in [-0.25, -0.2) is 9.97 Å². The predicted molar refractivity (Wildman–Crippen MR) is 112 cm³/mol. The SMILES string of the molecule is c1coc(CN2CCC(c3nc(N4CCOCC4)ncc3-c3cnccn3)CC2)c1. The minimum atomic E-state index is 0.373. The zero-order valence-corrected chi connectivity index (χ0v) is 17.0. The van der Waals surface area contributed by atoms with E-state index in [0.29, 0.717) is 5.92 Å². The molecule has 156 valence electrons. The van der Waals surface area contributed by atoms with Crippen molar-refractivity contribution in [2.24, 2.45) is 0 Å². The van der Waals surface area contributed by atoms with E-state index in [9.17, 15) is 0 Å². The molecule has 0 aromatic carbocycles. The summed E-state index contributed by atoms with van der Waals surface area (Å²) in [5.41, 5.74) is 2.91. The quantitative estimate of drug-likeness (QED) is 0.640. The Labute approximate surface area is 175 Å². The summed E-state index contributed by atoms with van der Waals surface area (Å²) in [6, 6.07) is 3.99. The first-order valence-electron chi connectivity index (χ1n) is 10.6. The molecule has 2 aliphatic rings. The van der Waals surface area contributed by atoms with Gasteiger partial charge in [0.1, 0.15) is 5.76 Å². The Morgan fingerprint density at radius 1 is 1.00 bits per heavy atom. The van der Waals surface area contributed by atoms with Gasteiger partial charge in [-0.1, -0.05) is 0 Å². The first-order valence-corrected chi connectivity index (χ1v) is 10.6. The molecule has 5 heterocycles. The zero-order valence-electron chi connectivity index (χ0n) is 17.0. The van der Waals surface area contributed by atoms with Gasteiger partial charge < -0.3 is 14.1 Å². The van der Waals surface area contributed by atoms with Crippen molar-refractivity contribution < 1.29 is 9.15 Å². The second-order valence-electron chi connectivity index (χ2n) is 7.79. The molecule has 0 aliphatic carbocycles. The van der Waals surface area contributed by atoms with Gasteiger partial charge in [0.15, 0.2) is 0 Å². The van der Waals surface area contributed by atoms with Crippen molar-refractivity contribution in [3.63, 3.8) is 0 Å². The summed E-state index contributed by atoms with van der Waals surface area (Å²) in [5, 5.41) is 0. The molecular formula is C22H26N6O2. The average molecular weight is 406 g/mol. The van der Waals surface area contributed by atoms with Gasteiger partial charge in [0, 0.05) is 43.2 Å². The smallest absolute Gasteiger partial charge is 0.225 e. The number of hydrogen-bond acceptors (Lipinski definition) is 8. The average Bonchev–Trinajstić information content (AvgIpc) is 3.33. The van der Waals surface area contributed by atoms with Crippen LogP contribution in [-0.2, 0) is 11.3 Å². The lowest BCUT2D eigenvalue weighted by atomic mass is 9.90. The van der Waals surface area contributed by atoms with E-state index in [1.807, 2.05) is 18.3 Å². The Morgan fingerprint density at radius 2 is 1.87 bits per heavy atom. The van der Waals surface area contributed by atoms with Crippen molar-refractivity contribution in [1.82, 2.24) is 24.8 Å². The van der Waals surface area contributed by atoms with Crippen LogP contribution in [0, 0.1) is 0 Å². The van der Waals surface area contributed by atoms with Gasteiger partial charge in [-0.2, -0.15) is 0 Å². The molecule has 0 amide bonds. The van der Waals surface area contributed by atoms with Gasteiger partial charge in [0.25, 0.3) is 0 Å². The number of aromatic nitrogens is 4. The number of hydrogen-bond donors (Lipinski definition) is 0. The molecule has 0 spiro atoms. The minimum Gasteiger partial charge on any atom is -0.468 e. The van der Waals surface area contributed by atoms with Crippen molar-refractivity contribution in [1.29, 1.82) is 0 Å². The van der Waals surface area contributed by atoms with E-state index in [0.717, 1.165) is 87.4 Å². The number of nitrogens with zero attached hydrogens (tertiary/aromatic N) is 6. The Hall–Kier alpha value is -2.84. The van der Waals surface area contributed by atoms with Crippen LogP contribution in [0.25, 0.3) is 11.3 Å². The highest BCUT2D eigenvalue weighted by Gasteiger charge is 2.27. The molecular weight excluding hydrogens is 380 g/mol. The Kier molecular flexibility index (Phi) is 5.67. The number of likely N-dealkylation sites (tertiary alicyclic amines) is 1. The van der Waals surface area contributed by atoms with Gasteiger partial charge >= 0.3 is 0 Å². The summed E-state index contributed by atoms with van der Waals surface area (Å²) in [6.07, 6.45) is 11.0. The van der Waals surface area contributed by atoms with Gasteiger partial charge in [-0.15, -0.1) is 0 Å². The lowest BCUT2D eigenvalue weighted by Gasteiger charge is -2.32. The molecule has 8 nitrogen and oxygen atoms in total. The molecule has 0 bridgehead atoms. The molecule has 3 aromatic rings. The fraction of sp³-hybridized carbons (Fsp3) is 0.455. The van der Waals surface area contributed by atoms with Crippen molar-refractivity contribution in [3.8, 4) is 11.3 Å². The lowest BCUT2D eigenvalue weighted by Crippen LogP contribution is -2.38. The molecule has 3 aromatic heterocycles. The van der Waals surface area contributed by atoms with Crippen molar-refractivity contribution >= 4 is 5.95 Å². The molecule has 5 rings (SSSR count). The molecule has 0 saturated carbocycles. The first-order chi connectivity index (χ1) is 14.9. The third-order valence-electron chi connectivity index (χ3n) is 5.87. The highest BCUT2D eigenvalue weighted by Crippen LogP contribution is 2.34. The fourth-order valence-electron chi connectivity index (χ4n) is 4.24. The van der Waals surface area contributed by atoms with Crippen molar-refractivity contribution in [3.05, 3.63) is 54.6 Å². The maximum absolute atomic E-state index is 5.51. The van der Waals surface area contributed by atoms with Crippen LogP contribution in [0.2, 0.25) is 0 Å². The molecule has 0 N–H and O–H groups in total. The van der Waals surface area contributed by atoms with Crippen LogP contribution < -0.4 is 4.90 Å². The van der Waals surface area contributed by atoms with E-state index < -0.39 is 0 Å². The van der Waals surface area contributed by atoms with Crippen LogP contribution >= 0.6 is 0 Å². The van der Waals surface area contributed by atoms with E-state index in [4.69, 9.17) is 14.1 Å². The summed E-state index contributed by atoms with van der Waals surface area (Å²) in [6.45, 7) is 5.98. The monoisotopic (exact) mass is 406 g/mol. The Balaban J connectivity index is 1.39. The zero-order chi connectivity index (χ0) is 20.2. The number of piperidine rings is 1. The van der Waals surface area contributed by atoms with Crippen LogP contribution in [0.4, 0.5) is 5.95 Å². The van der Waals surface area contributed by atoms with Crippen LogP contribution in [0.15, 0.2) is 47.6 Å². The first kappa shape index (κ1) is 19.1. The maximum atomic E-state index is 5.51. The van der Waals surface area contributed by atoms with Crippen molar-refractivity contribution in [2.45, 2.75) is 25.3 Å². The summed E-state index contributed by atoms with van der Waals surface area (Å²) in [4.78, 5) is 23.1. The molecule has 0 atom stereocenters. The maximum Gasteiger partial charge on any atom is 0.225 e. The predicted octanol–water partition coefficient (Wildman–Crippen LogP) is 2.74. The van der Waals surface area contributed by atoms with Crippen LogP contribution in [0.3, 0.4) is 0 Å². The molecule has 30 heavy (non-hydrogen) atoms. The number of anilines is 1. The van der Waals surface area contributed by atoms with E-state index in [1.54, 1.807) is 24.9 Å². The molecule has 0 unspecified atom stereocenters. The van der Waals surface area contributed by atoms with E-state index in [1.165, 1.54) is 0 Å². The number of furan rings is 1. The summed E-state index contributed by atoms with van der Waals surface area (Å²) in [5.74, 6) is 2.18. The van der Waals surface area contributed by atoms with Crippen LogP contribution in [-0.4, -0.2) is 64.2 Å². The topological polar surface area (TPSA) is 80.4 Å². The second-order valence-corrected chi connectivity index (χ2v) is 7.79. The fourth-order valence-corrected chi connectivity index (χ4v) is 4.24. The van der Waals surface area contributed by atoms with Gasteiger partial charge in [0.2, 0.25) is 5.95 Å². The standard InChI is InChI=1S/C22H26N6O2/c1-2-18(30-11-1)16-27-7-3-17(4-8-27)21-19(20-15-23-5-6-24-20)14-25-22(26-21)28-9-12-29-13-10-28/h1-2,5-6,11,14-15,17H,3-4,7-10,12-13,16H2. The minimum absolute atomic E-state index is 0.373. The summed E-state index contributed by atoms with van der Waals surface area (Å²) < 4.78 is 11.0. The number of morpholine rings is 1. The van der Waals surface area contributed by atoms with E-state index >= 15 is 0 Å². The lowest BCUT2D eigenvalue weighted by molar-refractivity contribution is 0.122. The third kappa shape index (κ3) is 4.20. The second kappa shape index (κ2) is 8.89. The molecule has 2 aliphatic heterocycles. The largest absolute Gasteiger partial charge is 0.468 e. The number of rotatable bonds is 5. The normalized spacial score (nSPS) is 18.6. The highest BCUT2D eigenvalue weighted by atomic mass is 16.5. The Bertz CT molecular complexity index is 936. The van der Waals surface area contributed by atoms with Crippen molar-refractivity contribution in [2.75, 3.05) is 44.3 Å². The molecule has 2 saturated heterocycles. The molecule has 0 radical (unpaired) electrons. The van der Waals surface area contributed by atoms with Gasteiger partial charge in [0.05, 0.1) is 43.6 Å². The van der Waals surface area contributed by atoms with Gasteiger partial charge in [-0.3, -0.25) is 14.9 Å². The summed E-state index contributed by atoms with van der Waals surface area (Å²) >= 11 is 0. The summed E-state index contributed by atoms with van der Waals surface area (Å²) in [7, 11) is 0. The Morgan fingerprint density at radius 3 is 2.60 bits per heavy atom. The van der Waals surface area contributed by atoms with Gasteiger partial charge in [-0.05, 0) is 38.1 Å². The highest BCUT2D eigenvalue weighted by molar-refractivity contribution is 5.62. The van der Waals surface area contributed by atoms with E-state index in [-0.39, 0.29) is 0 Å². The molecule has 8 heteroatoms.